The number of likely N-dealkylation sites (N-methyl/N-ethyl adjacent to an activating group) is 1. The molecule has 0 bridgehead atoms. The Morgan fingerprint density at radius 2 is 2.06 bits per heavy atom. The zero-order valence-electron chi connectivity index (χ0n) is 20.0. The molecule has 0 amide bonds. The molecule has 1 N–H and O–H groups in total. The van der Waals surface area contributed by atoms with Gasteiger partial charge in [-0.05, 0) is 68.0 Å². The lowest BCUT2D eigenvalue weighted by Gasteiger charge is -2.36. The molecule has 7 nitrogen and oxygen atoms in total. The fourth-order valence-electron chi connectivity index (χ4n) is 4.93. The van der Waals surface area contributed by atoms with E-state index < -0.39 is 0 Å². The van der Waals surface area contributed by atoms with E-state index in [2.05, 4.69) is 87.0 Å². The Hall–Kier alpha value is -2.80. The van der Waals surface area contributed by atoms with Crippen LogP contribution in [0.4, 0.5) is 11.5 Å². The quantitative estimate of drug-likeness (QED) is 0.669. The van der Waals surface area contributed by atoms with Crippen LogP contribution in [0.5, 0.6) is 0 Å². The van der Waals surface area contributed by atoms with Gasteiger partial charge in [-0.2, -0.15) is 0 Å². The third-order valence-electron chi connectivity index (χ3n) is 7.24. The highest BCUT2D eigenvalue weighted by Crippen LogP contribution is 2.26. The van der Waals surface area contributed by atoms with Crippen LogP contribution in [0.25, 0.3) is 0 Å². The number of benzene rings is 1. The van der Waals surface area contributed by atoms with Crippen LogP contribution in [-0.4, -0.2) is 66.2 Å². The summed E-state index contributed by atoms with van der Waals surface area (Å²) in [5, 5.41) is 12.7. The van der Waals surface area contributed by atoms with Crippen molar-refractivity contribution in [1.29, 1.82) is 0 Å². The molecule has 2 aromatic rings. The molecule has 0 spiro atoms. The van der Waals surface area contributed by atoms with Crippen molar-refractivity contribution in [3.8, 4) is 0 Å². The lowest BCUT2D eigenvalue weighted by atomic mass is 9.85. The topological polar surface area (TPSA) is 52.5 Å². The van der Waals surface area contributed by atoms with E-state index in [1.165, 1.54) is 55.6 Å². The van der Waals surface area contributed by atoms with Crippen molar-refractivity contribution in [1.82, 2.24) is 25.2 Å². The molecule has 3 aliphatic rings. The van der Waals surface area contributed by atoms with Crippen LogP contribution in [0.1, 0.15) is 37.7 Å². The maximum absolute atomic E-state index is 4.42. The van der Waals surface area contributed by atoms with Gasteiger partial charge in [-0.25, -0.2) is 4.68 Å². The Kier molecular flexibility index (Phi) is 6.67. The summed E-state index contributed by atoms with van der Waals surface area (Å²) in [6, 6.07) is 9.55. The number of hydrogen-bond acceptors (Lipinski definition) is 6. The fourth-order valence-corrected chi connectivity index (χ4v) is 4.93. The Morgan fingerprint density at radius 1 is 1.15 bits per heavy atom. The summed E-state index contributed by atoms with van der Waals surface area (Å²) in [7, 11) is 4.14. The molecule has 2 fully saturated rings. The van der Waals surface area contributed by atoms with Crippen LogP contribution in [-0.2, 0) is 6.54 Å². The predicted molar refractivity (Wildman–Crippen MR) is 134 cm³/mol. The molecule has 7 heteroatoms. The van der Waals surface area contributed by atoms with Crippen molar-refractivity contribution in [2.24, 2.45) is 5.92 Å². The van der Waals surface area contributed by atoms with Crippen molar-refractivity contribution in [2.75, 3.05) is 50.1 Å². The molecule has 176 valence electrons. The van der Waals surface area contributed by atoms with Gasteiger partial charge in [0.1, 0.15) is 0 Å². The number of hydrogen-bond donors (Lipinski definition) is 1. The monoisotopic (exact) mass is 447 g/mol. The van der Waals surface area contributed by atoms with Crippen molar-refractivity contribution in [3.05, 3.63) is 60.1 Å². The molecular formula is C26H37N7. The summed E-state index contributed by atoms with van der Waals surface area (Å²) in [5.41, 5.74) is 3.83. The second-order valence-electron chi connectivity index (χ2n) is 9.96. The molecule has 1 unspecified atom stereocenters. The summed E-state index contributed by atoms with van der Waals surface area (Å²) >= 11 is 0. The van der Waals surface area contributed by atoms with Crippen LogP contribution in [0.2, 0.25) is 0 Å². The van der Waals surface area contributed by atoms with E-state index in [0.717, 1.165) is 37.9 Å². The van der Waals surface area contributed by atoms with Gasteiger partial charge in [-0.3, -0.25) is 0 Å². The number of allylic oxidation sites excluding steroid dienone is 2. The average Bonchev–Trinajstić information content (AvgIpc) is 3.27. The minimum atomic E-state index is 0.611. The first-order valence-electron chi connectivity index (χ1n) is 12.4. The fraction of sp³-hybridized carbons (Fsp3) is 0.538. The summed E-state index contributed by atoms with van der Waals surface area (Å²) < 4.78 is 1.94. The molecule has 33 heavy (non-hydrogen) atoms. The summed E-state index contributed by atoms with van der Waals surface area (Å²) in [4.78, 5) is 6.83. The molecule has 1 aliphatic carbocycles. The van der Waals surface area contributed by atoms with Crippen LogP contribution >= 0.6 is 0 Å². The van der Waals surface area contributed by atoms with Crippen molar-refractivity contribution >= 4 is 11.5 Å². The van der Waals surface area contributed by atoms with Gasteiger partial charge in [0, 0.05) is 50.8 Å². The number of rotatable bonds is 8. The first-order valence-corrected chi connectivity index (χ1v) is 12.4. The van der Waals surface area contributed by atoms with Crippen molar-refractivity contribution in [2.45, 2.75) is 44.7 Å². The molecular weight excluding hydrogens is 410 g/mol. The van der Waals surface area contributed by atoms with E-state index >= 15 is 0 Å². The van der Waals surface area contributed by atoms with E-state index in [1.807, 2.05) is 10.9 Å². The van der Waals surface area contributed by atoms with Gasteiger partial charge in [0.2, 0.25) is 0 Å². The second-order valence-corrected chi connectivity index (χ2v) is 9.96. The summed E-state index contributed by atoms with van der Waals surface area (Å²) in [6.07, 6.45) is 15.1. The lowest BCUT2D eigenvalue weighted by molar-refractivity contribution is 0.280. The third-order valence-corrected chi connectivity index (χ3v) is 7.24. The second kappa shape index (κ2) is 10.00. The summed E-state index contributed by atoms with van der Waals surface area (Å²) in [5.74, 6) is 1.80. The standard InChI is InChI=1S/C26H37N7/c1-30(2)25-12-6-14-32(19-25)26-20-33(29-28-26)17-22-9-4-11-24(15-22)31-13-5-10-23(18-31)27-16-21-7-3-8-21/h4,6,9,11-12,14-15,20-21,23,27H,3,5,7-8,10,13,16-19H2,1-2H3. The summed E-state index contributed by atoms with van der Waals surface area (Å²) in [6.45, 7) is 4.98. The number of nitrogens with zero attached hydrogens (tertiary/aromatic N) is 6. The van der Waals surface area contributed by atoms with Crippen molar-refractivity contribution in [3.63, 3.8) is 0 Å². The molecule has 3 heterocycles. The molecule has 2 aliphatic heterocycles. The van der Waals surface area contributed by atoms with Gasteiger partial charge in [0.05, 0.1) is 19.3 Å². The minimum Gasteiger partial charge on any atom is -0.379 e. The Morgan fingerprint density at radius 3 is 2.88 bits per heavy atom. The zero-order valence-corrected chi connectivity index (χ0v) is 20.0. The van der Waals surface area contributed by atoms with E-state index in [0.29, 0.717) is 6.04 Å². The average molecular weight is 448 g/mol. The zero-order chi connectivity index (χ0) is 22.6. The van der Waals surface area contributed by atoms with Gasteiger partial charge in [0.15, 0.2) is 5.82 Å². The molecule has 1 saturated heterocycles. The Bertz CT molecular complexity index is 988. The molecule has 1 aromatic heterocycles. The first kappa shape index (κ1) is 22.0. The van der Waals surface area contributed by atoms with Gasteiger partial charge >= 0.3 is 0 Å². The molecule has 5 rings (SSSR count). The molecule has 1 aromatic carbocycles. The van der Waals surface area contributed by atoms with E-state index in [1.54, 1.807) is 0 Å². The number of aromatic nitrogens is 3. The Balaban J connectivity index is 1.19. The maximum Gasteiger partial charge on any atom is 0.175 e. The van der Waals surface area contributed by atoms with Gasteiger partial charge in [0.25, 0.3) is 0 Å². The van der Waals surface area contributed by atoms with Crippen LogP contribution in [0.3, 0.4) is 0 Å². The maximum atomic E-state index is 4.42. The van der Waals surface area contributed by atoms with E-state index in [9.17, 15) is 0 Å². The Labute approximate surface area is 197 Å². The van der Waals surface area contributed by atoms with E-state index in [4.69, 9.17) is 0 Å². The minimum absolute atomic E-state index is 0.611. The van der Waals surface area contributed by atoms with Crippen LogP contribution in [0.15, 0.2) is 54.5 Å². The predicted octanol–water partition coefficient (Wildman–Crippen LogP) is 3.46. The first-order chi connectivity index (χ1) is 16.1. The molecule has 1 atom stereocenters. The highest BCUT2D eigenvalue weighted by molar-refractivity contribution is 5.49. The SMILES string of the molecule is CN(C)C1=CC=CN(c2cn(Cc3cccc(N4CCCC(NCC5CCC5)C4)c3)nn2)C1. The van der Waals surface area contributed by atoms with Gasteiger partial charge in [-0.1, -0.05) is 23.8 Å². The molecule has 0 radical (unpaired) electrons. The third kappa shape index (κ3) is 5.41. The van der Waals surface area contributed by atoms with Gasteiger partial charge in [-0.15, -0.1) is 5.10 Å². The lowest BCUT2D eigenvalue weighted by Crippen LogP contribution is -2.47. The highest BCUT2D eigenvalue weighted by Gasteiger charge is 2.23. The number of anilines is 2. The van der Waals surface area contributed by atoms with Crippen LogP contribution in [0, 0.1) is 5.92 Å². The number of nitrogens with one attached hydrogen (secondary N) is 1. The van der Waals surface area contributed by atoms with Crippen molar-refractivity contribution < 1.29 is 0 Å². The number of piperidine rings is 1. The largest absolute Gasteiger partial charge is 0.379 e. The van der Waals surface area contributed by atoms with Crippen LogP contribution < -0.4 is 15.1 Å². The normalized spacial score (nSPS) is 21.2. The highest BCUT2D eigenvalue weighted by atomic mass is 15.5. The van der Waals surface area contributed by atoms with Gasteiger partial charge < -0.3 is 20.0 Å². The molecule has 1 saturated carbocycles. The van der Waals surface area contributed by atoms with E-state index in [-0.39, 0.29) is 0 Å². The smallest absolute Gasteiger partial charge is 0.175 e.